The fourth-order valence-electron chi connectivity index (χ4n) is 0.248. The van der Waals surface area contributed by atoms with Crippen LogP contribution in [0.5, 0.6) is 0 Å². The number of halogens is 1. The summed E-state index contributed by atoms with van der Waals surface area (Å²) in [6, 6.07) is 2.08. The summed E-state index contributed by atoms with van der Waals surface area (Å²) in [4.78, 5) is 4.37. The Labute approximate surface area is 51.1 Å². The Balaban J connectivity index is 3.05. The molecule has 1 rings (SSSR count). The molecule has 0 atom stereocenters. The van der Waals surface area contributed by atoms with Crippen molar-refractivity contribution in [2.75, 3.05) is 0 Å². The van der Waals surface area contributed by atoms with Crippen molar-refractivity contribution in [3.05, 3.63) is 20.4 Å². The first-order chi connectivity index (χ1) is 2.89. The molecule has 0 spiro atoms. The molecule has 1 aromatic heterocycles. The van der Waals surface area contributed by atoms with Gasteiger partial charge < -0.3 is 0 Å². The fraction of sp³-hybridized carbons (Fsp3) is 0. The third-order valence-electron chi connectivity index (χ3n) is 0.486. The van der Waals surface area contributed by atoms with Crippen molar-refractivity contribution < 1.29 is 0 Å². The van der Waals surface area contributed by atoms with Gasteiger partial charge in [0.1, 0.15) is 0 Å². The monoisotopic (exact) mass is 210 g/mol. The van der Waals surface area contributed by atoms with Crippen molar-refractivity contribution in [3.63, 3.8) is 0 Å². The van der Waals surface area contributed by atoms with Gasteiger partial charge in [0.15, 0.2) is 0 Å². The molecule has 32 valence electrons. The van der Waals surface area contributed by atoms with E-state index in [1.165, 1.54) is 4.47 Å². The molecule has 0 aliphatic carbocycles. The first-order valence-electron chi connectivity index (χ1n) is 1.57. The van der Waals surface area contributed by atoms with Crippen LogP contribution in [0.2, 0.25) is 0 Å². The first-order valence-corrected chi connectivity index (χ1v) is 4.34. The average Bonchev–Trinajstić information content (AvgIpc) is 1.86. The molecule has 1 aromatic rings. The molecule has 0 bridgehead atoms. The molecular formula is C4H3BrSe. The van der Waals surface area contributed by atoms with Crippen molar-refractivity contribution in [1.29, 1.82) is 0 Å². The Morgan fingerprint density at radius 1 is 1.67 bits per heavy atom. The minimum atomic E-state index is 0.652. The minimum absolute atomic E-state index is 0.652. The molecule has 0 N–H and O–H groups in total. The molecule has 0 aliphatic rings. The second-order valence-electron chi connectivity index (χ2n) is 0.942. The topological polar surface area (TPSA) is 0 Å². The summed E-state index contributed by atoms with van der Waals surface area (Å²) in [6.07, 6.45) is 0. The molecular weight excluding hydrogens is 207 g/mol. The van der Waals surface area contributed by atoms with Gasteiger partial charge in [0.05, 0.1) is 0 Å². The van der Waals surface area contributed by atoms with E-state index in [-0.39, 0.29) is 0 Å². The quantitative estimate of drug-likeness (QED) is 0.569. The van der Waals surface area contributed by atoms with Crippen LogP contribution in [0, 0.1) is 0 Å². The molecule has 0 aromatic carbocycles. The van der Waals surface area contributed by atoms with Crippen LogP contribution in [0.1, 0.15) is 0 Å². The fourth-order valence-corrected chi connectivity index (χ4v) is 2.41. The van der Waals surface area contributed by atoms with Crippen LogP contribution in [0.4, 0.5) is 0 Å². The Kier molecular flexibility index (Phi) is 1.52. The zero-order valence-corrected chi connectivity index (χ0v) is 6.32. The van der Waals surface area contributed by atoms with E-state index in [4.69, 9.17) is 0 Å². The second-order valence-corrected chi connectivity index (χ2v) is 3.49. The molecule has 0 nitrogen and oxygen atoms in total. The van der Waals surface area contributed by atoms with E-state index in [9.17, 15) is 0 Å². The zero-order chi connectivity index (χ0) is 4.41. The van der Waals surface area contributed by atoms with Crippen LogP contribution >= 0.6 is 15.9 Å². The van der Waals surface area contributed by atoms with Gasteiger partial charge in [-0.1, -0.05) is 0 Å². The summed E-state index contributed by atoms with van der Waals surface area (Å²) in [5.41, 5.74) is 0. The SMILES string of the molecule is Brc1cc[se]c1. The maximum atomic E-state index is 3.33. The zero-order valence-electron chi connectivity index (χ0n) is 3.02. The van der Waals surface area contributed by atoms with Crippen LogP contribution in [-0.2, 0) is 0 Å². The van der Waals surface area contributed by atoms with Crippen LogP contribution in [0.15, 0.2) is 20.4 Å². The van der Waals surface area contributed by atoms with E-state index in [1.807, 2.05) is 0 Å². The van der Waals surface area contributed by atoms with Gasteiger partial charge in [-0.3, -0.25) is 0 Å². The molecule has 0 aliphatic heterocycles. The number of hydrogen-bond acceptors (Lipinski definition) is 0. The molecule has 0 amide bonds. The third-order valence-corrected chi connectivity index (χ3v) is 3.10. The van der Waals surface area contributed by atoms with Crippen molar-refractivity contribution in [2.45, 2.75) is 0 Å². The van der Waals surface area contributed by atoms with Crippen LogP contribution in [-0.4, -0.2) is 14.5 Å². The normalized spacial score (nSPS) is 8.83. The van der Waals surface area contributed by atoms with Gasteiger partial charge in [-0.25, -0.2) is 0 Å². The van der Waals surface area contributed by atoms with E-state index in [0.29, 0.717) is 14.5 Å². The van der Waals surface area contributed by atoms with E-state index < -0.39 is 0 Å². The molecule has 0 saturated carbocycles. The summed E-state index contributed by atoms with van der Waals surface area (Å²) in [5.74, 6) is 0. The summed E-state index contributed by atoms with van der Waals surface area (Å²) in [7, 11) is 0. The van der Waals surface area contributed by atoms with E-state index >= 15 is 0 Å². The Hall–Kier alpha value is 0.479. The van der Waals surface area contributed by atoms with Crippen molar-refractivity contribution in [1.82, 2.24) is 0 Å². The van der Waals surface area contributed by atoms with Gasteiger partial charge >= 0.3 is 50.9 Å². The van der Waals surface area contributed by atoms with Crippen molar-refractivity contribution in [3.8, 4) is 0 Å². The third kappa shape index (κ3) is 0.969. The summed E-state index contributed by atoms with van der Waals surface area (Å²) < 4.78 is 1.24. The molecule has 6 heavy (non-hydrogen) atoms. The van der Waals surface area contributed by atoms with Crippen LogP contribution in [0.3, 0.4) is 0 Å². The molecule has 1 heterocycles. The standard InChI is InChI=1S/C4H3BrSe/c5-4-1-2-6-3-4/h1-3H. The van der Waals surface area contributed by atoms with Crippen LogP contribution < -0.4 is 0 Å². The molecule has 0 fully saturated rings. The van der Waals surface area contributed by atoms with Gasteiger partial charge in [0.25, 0.3) is 0 Å². The predicted molar refractivity (Wildman–Crippen MR) is 31.1 cm³/mol. The molecule has 0 radical (unpaired) electrons. The number of rotatable bonds is 0. The van der Waals surface area contributed by atoms with E-state index in [1.54, 1.807) is 0 Å². The molecule has 0 unspecified atom stereocenters. The van der Waals surface area contributed by atoms with E-state index in [0.717, 1.165) is 0 Å². The average molecular weight is 210 g/mol. The Morgan fingerprint density at radius 3 is 2.67 bits per heavy atom. The summed E-state index contributed by atoms with van der Waals surface area (Å²) in [5, 5.41) is 0. The number of hydrogen-bond donors (Lipinski definition) is 0. The van der Waals surface area contributed by atoms with Crippen molar-refractivity contribution >= 4 is 30.4 Å². The molecule has 0 saturated heterocycles. The van der Waals surface area contributed by atoms with Gasteiger partial charge in [-0.2, -0.15) is 0 Å². The predicted octanol–water partition coefficient (Wildman–Crippen LogP) is 1.51. The van der Waals surface area contributed by atoms with Crippen molar-refractivity contribution in [2.24, 2.45) is 0 Å². The summed E-state index contributed by atoms with van der Waals surface area (Å²) in [6.45, 7) is 0. The second kappa shape index (κ2) is 1.97. The Morgan fingerprint density at radius 2 is 2.50 bits per heavy atom. The maximum absolute atomic E-state index is 3.33. The molecule has 2 heteroatoms. The van der Waals surface area contributed by atoms with Gasteiger partial charge in [0, 0.05) is 0 Å². The first kappa shape index (κ1) is 4.63. The van der Waals surface area contributed by atoms with E-state index in [2.05, 4.69) is 31.9 Å². The van der Waals surface area contributed by atoms with Gasteiger partial charge in [0.2, 0.25) is 0 Å². The summed E-state index contributed by atoms with van der Waals surface area (Å²) >= 11 is 3.98. The van der Waals surface area contributed by atoms with Gasteiger partial charge in [-0.05, 0) is 0 Å². The van der Waals surface area contributed by atoms with Gasteiger partial charge in [-0.15, -0.1) is 0 Å². The van der Waals surface area contributed by atoms with Crippen LogP contribution in [0.25, 0.3) is 0 Å². The Bertz CT molecular complexity index is 111.